The maximum Gasteiger partial charge on any atom is 0.319 e. The van der Waals surface area contributed by atoms with Crippen LogP contribution in [0.25, 0.3) is 0 Å². The maximum atomic E-state index is 11.5. The van der Waals surface area contributed by atoms with Gasteiger partial charge in [0, 0.05) is 12.5 Å². The summed E-state index contributed by atoms with van der Waals surface area (Å²) in [6, 6.07) is -0.163. The topological polar surface area (TPSA) is 66.4 Å². The van der Waals surface area contributed by atoms with Crippen molar-refractivity contribution in [1.29, 1.82) is 0 Å². The zero-order chi connectivity index (χ0) is 10.8. The van der Waals surface area contributed by atoms with Crippen LogP contribution in [-0.2, 0) is 9.59 Å². The second-order valence-corrected chi connectivity index (χ2v) is 3.67. The van der Waals surface area contributed by atoms with E-state index in [4.69, 9.17) is 11.5 Å². The molecule has 1 unspecified atom stereocenters. The van der Waals surface area contributed by atoms with Crippen LogP contribution in [0.3, 0.4) is 0 Å². The van der Waals surface area contributed by atoms with Gasteiger partial charge in [0.2, 0.25) is 5.91 Å². The van der Waals surface area contributed by atoms with Crippen LogP contribution in [0.2, 0.25) is 0 Å². The van der Waals surface area contributed by atoms with Gasteiger partial charge in [-0.2, -0.15) is 0 Å². The molecule has 4 nitrogen and oxygen atoms in total. The minimum Gasteiger partial charge on any atom is -0.480 e. The smallest absolute Gasteiger partial charge is 0.319 e. The van der Waals surface area contributed by atoms with Crippen molar-refractivity contribution in [1.82, 2.24) is 5.32 Å². The van der Waals surface area contributed by atoms with Gasteiger partial charge in [-0.15, -0.1) is 12.3 Å². The molecule has 76 valence electrons. The summed E-state index contributed by atoms with van der Waals surface area (Å²) < 4.78 is 0. The molecule has 1 atom stereocenters. The lowest BCUT2D eigenvalue weighted by atomic mass is 10.1. The van der Waals surface area contributed by atoms with Gasteiger partial charge in [0.1, 0.15) is 5.41 Å². The van der Waals surface area contributed by atoms with Crippen LogP contribution in [0.15, 0.2) is 0 Å². The average Bonchev–Trinajstić information content (AvgIpc) is 2.83. The van der Waals surface area contributed by atoms with Gasteiger partial charge < -0.3 is 10.4 Å². The molecule has 14 heavy (non-hydrogen) atoms. The van der Waals surface area contributed by atoms with Crippen LogP contribution in [-0.4, -0.2) is 23.0 Å². The Morgan fingerprint density at radius 1 is 1.64 bits per heavy atom. The zero-order valence-corrected chi connectivity index (χ0v) is 8.04. The number of carbonyl (C=O) groups excluding carboxylic acids is 1. The SMILES string of the molecule is C#CCC(C)NC(=O)C1(C(=O)O)CC1. The van der Waals surface area contributed by atoms with Gasteiger partial charge in [0.15, 0.2) is 0 Å². The highest BCUT2D eigenvalue weighted by molar-refractivity contribution is 6.04. The fourth-order valence-corrected chi connectivity index (χ4v) is 1.25. The molecule has 0 aliphatic heterocycles. The highest BCUT2D eigenvalue weighted by Crippen LogP contribution is 2.46. The van der Waals surface area contributed by atoms with E-state index in [0.717, 1.165) is 0 Å². The summed E-state index contributed by atoms with van der Waals surface area (Å²) in [5, 5.41) is 11.4. The molecule has 2 N–H and O–H groups in total. The van der Waals surface area contributed by atoms with E-state index in [0.29, 0.717) is 19.3 Å². The van der Waals surface area contributed by atoms with Gasteiger partial charge in [-0.3, -0.25) is 9.59 Å². The van der Waals surface area contributed by atoms with Crippen LogP contribution < -0.4 is 5.32 Å². The van der Waals surface area contributed by atoms with Crippen LogP contribution in [0.1, 0.15) is 26.2 Å². The molecule has 0 bridgehead atoms. The van der Waals surface area contributed by atoms with E-state index >= 15 is 0 Å². The number of hydrogen-bond donors (Lipinski definition) is 2. The van der Waals surface area contributed by atoms with Gasteiger partial charge in [0.05, 0.1) is 0 Å². The van der Waals surface area contributed by atoms with Gasteiger partial charge in [-0.05, 0) is 19.8 Å². The zero-order valence-electron chi connectivity index (χ0n) is 8.04. The van der Waals surface area contributed by atoms with E-state index in [1.807, 2.05) is 0 Å². The molecule has 0 aromatic heterocycles. The van der Waals surface area contributed by atoms with E-state index in [9.17, 15) is 9.59 Å². The van der Waals surface area contributed by atoms with Crippen molar-refractivity contribution in [3.8, 4) is 12.3 Å². The molecule has 1 aliphatic carbocycles. The third-order valence-corrected chi connectivity index (χ3v) is 2.40. The molecule has 1 amide bonds. The van der Waals surface area contributed by atoms with Crippen molar-refractivity contribution in [3.63, 3.8) is 0 Å². The quantitative estimate of drug-likeness (QED) is 0.503. The third-order valence-electron chi connectivity index (χ3n) is 2.40. The molecular formula is C10H13NO3. The molecule has 0 aromatic carbocycles. The highest BCUT2D eigenvalue weighted by atomic mass is 16.4. The number of nitrogens with one attached hydrogen (secondary N) is 1. The molecule has 0 heterocycles. The van der Waals surface area contributed by atoms with Gasteiger partial charge >= 0.3 is 5.97 Å². The number of carboxylic acid groups (broad SMARTS) is 1. The van der Waals surface area contributed by atoms with Crippen LogP contribution in [0, 0.1) is 17.8 Å². The van der Waals surface area contributed by atoms with Crippen molar-refractivity contribution in [2.75, 3.05) is 0 Å². The Kier molecular flexibility index (Phi) is 2.80. The monoisotopic (exact) mass is 195 g/mol. The fourth-order valence-electron chi connectivity index (χ4n) is 1.25. The summed E-state index contributed by atoms with van der Waals surface area (Å²) in [4.78, 5) is 22.3. The molecule has 0 radical (unpaired) electrons. The molecule has 0 aromatic rings. The lowest BCUT2D eigenvalue weighted by molar-refractivity contribution is -0.149. The Hall–Kier alpha value is -1.50. The Morgan fingerprint density at radius 3 is 2.57 bits per heavy atom. The number of carbonyl (C=O) groups is 2. The van der Waals surface area contributed by atoms with Crippen molar-refractivity contribution in [2.45, 2.75) is 32.2 Å². The molecular weight excluding hydrogens is 182 g/mol. The first kappa shape index (κ1) is 10.6. The lowest BCUT2D eigenvalue weighted by Gasteiger charge is -2.14. The van der Waals surface area contributed by atoms with Crippen molar-refractivity contribution < 1.29 is 14.7 Å². The molecule has 1 fully saturated rings. The van der Waals surface area contributed by atoms with Gasteiger partial charge in [0.25, 0.3) is 0 Å². The Morgan fingerprint density at radius 2 is 2.21 bits per heavy atom. The number of terminal acetylenes is 1. The predicted molar refractivity (Wildman–Crippen MR) is 50.4 cm³/mol. The lowest BCUT2D eigenvalue weighted by Crippen LogP contribution is -2.41. The Bertz CT molecular complexity index is 299. The molecule has 1 aliphatic rings. The second-order valence-electron chi connectivity index (χ2n) is 3.67. The largest absolute Gasteiger partial charge is 0.480 e. The second kappa shape index (κ2) is 3.70. The van der Waals surface area contributed by atoms with Crippen molar-refractivity contribution in [2.24, 2.45) is 5.41 Å². The molecule has 1 saturated carbocycles. The van der Waals surface area contributed by atoms with E-state index in [1.54, 1.807) is 6.92 Å². The summed E-state index contributed by atoms with van der Waals surface area (Å²) in [6.45, 7) is 1.76. The minimum atomic E-state index is -1.16. The normalized spacial score (nSPS) is 19.1. The predicted octanol–water partition coefficient (Wildman–Crippen LogP) is 0.379. The average molecular weight is 195 g/mol. The number of carboxylic acids is 1. The summed E-state index contributed by atoms with van der Waals surface area (Å²) >= 11 is 0. The molecule has 1 rings (SSSR count). The van der Waals surface area contributed by atoms with E-state index in [1.165, 1.54) is 0 Å². The number of amides is 1. The van der Waals surface area contributed by atoms with Crippen molar-refractivity contribution in [3.05, 3.63) is 0 Å². The summed E-state index contributed by atoms with van der Waals surface area (Å²) in [6.07, 6.45) is 6.35. The van der Waals surface area contributed by atoms with E-state index in [-0.39, 0.29) is 6.04 Å². The number of hydrogen-bond acceptors (Lipinski definition) is 2. The van der Waals surface area contributed by atoms with E-state index < -0.39 is 17.3 Å². The standard InChI is InChI=1S/C10H13NO3/c1-3-4-7(2)11-8(12)10(5-6-10)9(13)14/h1,7H,4-6H2,2H3,(H,11,12)(H,13,14). The number of rotatable bonds is 4. The van der Waals surface area contributed by atoms with Crippen LogP contribution in [0.4, 0.5) is 0 Å². The van der Waals surface area contributed by atoms with E-state index in [2.05, 4.69) is 11.2 Å². The Labute approximate surface area is 82.7 Å². The first-order valence-electron chi connectivity index (χ1n) is 4.51. The first-order chi connectivity index (χ1) is 6.53. The summed E-state index contributed by atoms with van der Waals surface area (Å²) in [5.74, 6) is 0.963. The fraction of sp³-hybridized carbons (Fsp3) is 0.600. The summed E-state index contributed by atoms with van der Waals surface area (Å²) in [5.41, 5.74) is -1.16. The molecule has 4 heteroatoms. The van der Waals surface area contributed by atoms with Gasteiger partial charge in [-0.25, -0.2) is 0 Å². The van der Waals surface area contributed by atoms with Crippen molar-refractivity contribution >= 4 is 11.9 Å². The highest BCUT2D eigenvalue weighted by Gasteiger charge is 2.57. The van der Waals surface area contributed by atoms with Gasteiger partial charge in [-0.1, -0.05) is 0 Å². The summed E-state index contributed by atoms with van der Waals surface area (Å²) in [7, 11) is 0. The Balaban J connectivity index is 2.51. The minimum absolute atomic E-state index is 0.163. The first-order valence-corrected chi connectivity index (χ1v) is 4.51. The number of aliphatic carboxylic acids is 1. The molecule has 0 spiro atoms. The maximum absolute atomic E-state index is 11.5. The third kappa shape index (κ3) is 1.87. The van der Waals surface area contributed by atoms with Crippen LogP contribution in [0.5, 0.6) is 0 Å². The molecule has 0 saturated heterocycles. The van der Waals surface area contributed by atoms with Crippen LogP contribution >= 0.6 is 0 Å².